The Kier molecular flexibility index (Phi) is 5.94. The summed E-state index contributed by atoms with van der Waals surface area (Å²) in [7, 11) is 3.93. The van der Waals surface area contributed by atoms with Crippen molar-refractivity contribution >= 4 is 50.1 Å². The number of urea groups is 1. The molecule has 4 rings (SSSR count). The molecule has 31 heavy (non-hydrogen) atoms. The van der Waals surface area contributed by atoms with Gasteiger partial charge < -0.3 is 20.3 Å². The monoisotopic (exact) mass is 478 g/mol. The van der Waals surface area contributed by atoms with Gasteiger partial charge in [-0.25, -0.2) is 19.7 Å². The molecule has 0 fully saturated rings. The zero-order valence-corrected chi connectivity index (χ0v) is 18.4. The van der Waals surface area contributed by atoms with Crippen LogP contribution in [0.2, 0.25) is 0 Å². The number of benzene rings is 2. The summed E-state index contributed by atoms with van der Waals surface area (Å²) in [6.07, 6.45) is 3.07. The fourth-order valence-electron chi connectivity index (χ4n) is 2.83. The van der Waals surface area contributed by atoms with Gasteiger partial charge in [-0.05, 0) is 70.5 Å². The number of nitrogens with one attached hydrogen (secondary N) is 2. The molecule has 2 heterocycles. The van der Waals surface area contributed by atoms with Crippen molar-refractivity contribution in [3.63, 3.8) is 0 Å². The van der Waals surface area contributed by atoms with Crippen LogP contribution >= 0.6 is 15.9 Å². The molecule has 0 aliphatic carbocycles. The van der Waals surface area contributed by atoms with Crippen LogP contribution in [-0.2, 0) is 0 Å². The molecule has 0 atom stereocenters. The highest BCUT2D eigenvalue weighted by Gasteiger charge is 2.09. The fraction of sp³-hybridized carbons (Fsp3) is 0.0909. The van der Waals surface area contributed by atoms with Crippen LogP contribution in [0.3, 0.4) is 0 Å². The van der Waals surface area contributed by atoms with E-state index in [2.05, 4.69) is 41.5 Å². The van der Waals surface area contributed by atoms with Crippen LogP contribution in [0.4, 0.5) is 21.9 Å². The molecular weight excluding hydrogens is 460 g/mol. The third kappa shape index (κ3) is 5.07. The molecule has 8 nitrogen and oxygen atoms in total. The second kappa shape index (κ2) is 8.97. The van der Waals surface area contributed by atoms with Crippen LogP contribution in [-0.4, -0.2) is 35.1 Å². The summed E-state index contributed by atoms with van der Waals surface area (Å²) in [5.74, 6) is 0.976. The minimum atomic E-state index is -0.330. The van der Waals surface area contributed by atoms with E-state index in [1.807, 2.05) is 49.3 Å². The summed E-state index contributed by atoms with van der Waals surface area (Å²) in [5, 5.41) is 6.30. The van der Waals surface area contributed by atoms with Crippen molar-refractivity contribution in [2.45, 2.75) is 0 Å². The molecule has 0 aliphatic heterocycles. The van der Waals surface area contributed by atoms with Crippen molar-refractivity contribution in [2.24, 2.45) is 0 Å². The maximum atomic E-state index is 12.3. The van der Waals surface area contributed by atoms with Crippen molar-refractivity contribution in [2.75, 3.05) is 29.6 Å². The maximum absolute atomic E-state index is 12.3. The second-order valence-corrected chi connectivity index (χ2v) is 7.77. The number of ether oxygens (including phenoxy) is 1. The first-order valence-electron chi connectivity index (χ1n) is 9.37. The van der Waals surface area contributed by atoms with E-state index in [0.717, 1.165) is 10.2 Å². The summed E-state index contributed by atoms with van der Waals surface area (Å²) < 4.78 is 6.70. The number of aromatic nitrogens is 3. The van der Waals surface area contributed by atoms with Crippen LogP contribution in [0.1, 0.15) is 0 Å². The highest BCUT2D eigenvalue weighted by atomic mass is 79.9. The molecule has 0 bridgehead atoms. The van der Waals surface area contributed by atoms with Crippen LogP contribution in [0.5, 0.6) is 11.6 Å². The van der Waals surface area contributed by atoms with E-state index in [1.54, 1.807) is 30.5 Å². The van der Waals surface area contributed by atoms with Gasteiger partial charge in [-0.2, -0.15) is 0 Å². The molecule has 0 radical (unpaired) electrons. The topological polar surface area (TPSA) is 92.3 Å². The van der Waals surface area contributed by atoms with E-state index < -0.39 is 0 Å². The Balaban J connectivity index is 1.40. The van der Waals surface area contributed by atoms with Crippen LogP contribution in [0.25, 0.3) is 11.0 Å². The Labute approximate surface area is 187 Å². The van der Waals surface area contributed by atoms with Crippen molar-refractivity contribution < 1.29 is 9.53 Å². The lowest BCUT2D eigenvalue weighted by atomic mass is 10.2. The second-order valence-electron chi connectivity index (χ2n) is 6.85. The van der Waals surface area contributed by atoms with Crippen LogP contribution < -0.4 is 20.3 Å². The van der Waals surface area contributed by atoms with Crippen LogP contribution in [0, 0.1) is 0 Å². The zero-order chi connectivity index (χ0) is 21.8. The van der Waals surface area contributed by atoms with Gasteiger partial charge in [0.05, 0.1) is 5.39 Å². The number of amides is 2. The fourth-order valence-corrected chi connectivity index (χ4v) is 3.16. The van der Waals surface area contributed by atoms with Crippen molar-refractivity contribution in [3.8, 4) is 11.6 Å². The van der Waals surface area contributed by atoms with Crippen molar-refractivity contribution in [3.05, 3.63) is 71.6 Å². The summed E-state index contributed by atoms with van der Waals surface area (Å²) in [6.45, 7) is 0. The molecule has 0 saturated heterocycles. The maximum Gasteiger partial charge on any atom is 0.323 e. The molecule has 156 valence electrons. The number of fused-ring (bicyclic) bond motifs is 1. The Morgan fingerprint density at radius 1 is 0.935 bits per heavy atom. The van der Waals surface area contributed by atoms with Gasteiger partial charge in [0.15, 0.2) is 5.65 Å². The standard InChI is InChI=1S/C22H19BrN6O2/c1-29(2)17-7-3-15(4-8-17)27-22(30)28-16-5-9-18(10-6-16)31-21-19-11-14(23)12-24-20(19)25-13-26-21/h3-13H,1-2H3,(H2,27,28,30). The molecule has 2 amide bonds. The number of hydrogen-bond acceptors (Lipinski definition) is 6. The molecule has 2 aromatic carbocycles. The lowest BCUT2D eigenvalue weighted by molar-refractivity contribution is 0.262. The molecule has 9 heteroatoms. The number of nitrogens with zero attached hydrogens (tertiary/aromatic N) is 4. The van der Waals surface area contributed by atoms with Gasteiger partial charge in [-0.15, -0.1) is 0 Å². The molecule has 2 aromatic heterocycles. The van der Waals surface area contributed by atoms with Crippen LogP contribution in [0.15, 0.2) is 71.6 Å². The average Bonchev–Trinajstić information content (AvgIpc) is 2.76. The molecule has 0 aliphatic rings. The molecular formula is C22H19BrN6O2. The van der Waals surface area contributed by atoms with Crippen molar-refractivity contribution in [1.29, 1.82) is 0 Å². The Morgan fingerprint density at radius 3 is 2.23 bits per heavy atom. The van der Waals surface area contributed by atoms with Gasteiger partial charge in [0, 0.05) is 41.8 Å². The van der Waals surface area contributed by atoms with E-state index in [4.69, 9.17) is 4.74 Å². The predicted molar refractivity (Wildman–Crippen MR) is 125 cm³/mol. The number of hydrogen-bond donors (Lipinski definition) is 2. The Hall–Kier alpha value is -3.72. The third-order valence-corrected chi connectivity index (χ3v) is 4.82. The van der Waals surface area contributed by atoms with Crippen molar-refractivity contribution in [1.82, 2.24) is 15.0 Å². The summed E-state index contributed by atoms with van der Waals surface area (Å²) in [6, 6.07) is 16.1. The molecule has 0 unspecified atom stereocenters. The van der Waals surface area contributed by atoms with E-state index in [0.29, 0.717) is 34.0 Å². The first kappa shape index (κ1) is 20.5. The van der Waals surface area contributed by atoms with Gasteiger partial charge in [0.25, 0.3) is 0 Å². The lowest BCUT2D eigenvalue weighted by Gasteiger charge is -2.13. The van der Waals surface area contributed by atoms with E-state index >= 15 is 0 Å². The van der Waals surface area contributed by atoms with E-state index in [9.17, 15) is 4.79 Å². The van der Waals surface area contributed by atoms with Gasteiger partial charge in [-0.3, -0.25) is 0 Å². The molecule has 0 spiro atoms. The minimum absolute atomic E-state index is 0.330. The molecule has 4 aromatic rings. The number of anilines is 3. The summed E-state index contributed by atoms with van der Waals surface area (Å²) in [4.78, 5) is 26.8. The largest absolute Gasteiger partial charge is 0.438 e. The van der Waals surface area contributed by atoms with E-state index in [-0.39, 0.29) is 6.03 Å². The van der Waals surface area contributed by atoms with Gasteiger partial charge >= 0.3 is 6.03 Å². The first-order chi connectivity index (χ1) is 15.0. The predicted octanol–water partition coefficient (Wildman–Crippen LogP) is 5.29. The number of carbonyl (C=O) groups is 1. The highest BCUT2D eigenvalue weighted by molar-refractivity contribution is 9.10. The zero-order valence-electron chi connectivity index (χ0n) is 16.8. The van der Waals surface area contributed by atoms with Gasteiger partial charge in [0.1, 0.15) is 12.1 Å². The Bertz CT molecular complexity index is 1210. The quantitative estimate of drug-likeness (QED) is 0.404. The Morgan fingerprint density at radius 2 is 1.58 bits per heavy atom. The SMILES string of the molecule is CN(C)c1ccc(NC(=O)Nc2ccc(Oc3ncnc4ncc(Br)cc34)cc2)cc1. The molecule has 2 N–H and O–H groups in total. The average molecular weight is 479 g/mol. The number of carbonyl (C=O) groups excluding carboxylic acids is 1. The summed E-state index contributed by atoms with van der Waals surface area (Å²) in [5.41, 5.74) is 2.94. The smallest absolute Gasteiger partial charge is 0.323 e. The van der Waals surface area contributed by atoms with E-state index in [1.165, 1.54) is 6.33 Å². The number of pyridine rings is 1. The first-order valence-corrected chi connectivity index (χ1v) is 10.2. The molecule has 0 saturated carbocycles. The lowest BCUT2D eigenvalue weighted by Crippen LogP contribution is -2.19. The number of halogens is 1. The van der Waals surface area contributed by atoms with Gasteiger partial charge in [0.2, 0.25) is 5.88 Å². The highest BCUT2D eigenvalue weighted by Crippen LogP contribution is 2.28. The summed E-state index contributed by atoms with van der Waals surface area (Å²) >= 11 is 3.40. The normalized spacial score (nSPS) is 10.5. The number of rotatable bonds is 5. The minimum Gasteiger partial charge on any atom is -0.438 e. The third-order valence-electron chi connectivity index (χ3n) is 4.39. The van der Waals surface area contributed by atoms with Gasteiger partial charge in [-0.1, -0.05) is 0 Å².